The molecule has 24 heavy (non-hydrogen) atoms. The zero-order chi connectivity index (χ0) is 16.5. The summed E-state index contributed by atoms with van der Waals surface area (Å²) in [5, 5.41) is 8.82. The summed E-state index contributed by atoms with van der Waals surface area (Å²) in [7, 11) is 0. The maximum Gasteiger partial charge on any atom is 0.227 e. The standard InChI is InChI=1S/C18H20N4OS/c1-2-11-24-18-20-17-19-13-9-6-10-14(23)15(13)16(22(17)21-18)12-7-4-3-5-8-12/h3-5,7-8,16H,2,6,9-11H2,1H3,(H,19,20,21). The van der Waals surface area contributed by atoms with Crippen molar-refractivity contribution >= 4 is 23.5 Å². The predicted molar refractivity (Wildman–Crippen MR) is 95.1 cm³/mol. The molecule has 2 aliphatic rings. The summed E-state index contributed by atoms with van der Waals surface area (Å²) in [4.78, 5) is 17.3. The number of thioether (sulfide) groups is 1. The fraction of sp³-hybridized carbons (Fsp3) is 0.389. The second kappa shape index (κ2) is 6.43. The minimum Gasteiger partial charge on any atom is -0.328 e. The van der Waals surface area contributed by atoms with E-state index in [9.17, 15) is 4.79 Å². The van der Waals surface area contributed by atoms with Gasteiger partial charge in [0, 0.05) is 23.4 Å². The van der Waals surface area contributed by atoms with Crippen molar-refractivity contribution in [2.24, 2.45) is 0 Å². The Morgan fingerprint density at radius 1 is 1.29 bits per heavy atom. The molecule has 0 saturated heterocycles. The smallest absolute Gasteiger partial charge is 0.227 e. The highest BCUT2D eigenvalue weighted by Gasteiger charge is 2.36. The molecule has 1 atom stereocenters. The summed E-state index contributed by atoms with van der Waals surface area (Å²) in [6, 6.07) is 9.96. The van der Waals surface area contributed by atoms with E-state index in [-0.39, 0.29) is 11.8 Å². The van der Waals surface area contributed by atoms with E-state index in [1.165, 1.54) is 0 Å². The number of carbonyl (C=O) groups is 1. The van der Waals surface area contributed by atoms with Crippen LogP contribution in [0.3, 0.4) is 0 Å². The van der Waals surface area contributed by atoms with Crippen molar-refractivity contribution in [3.05, 3.63) is 47.2 Å². The summed E-state index contributed by atoms with van der Waals surface area (Å²) >= 11 is 1.66. The largest absolute Gasteiger partial charge is 0.328 e. The number of benzene rings is 1. The van der Waals surface area contributed by atoms with Crippen molar-refractivity contribution in [2.75, 3.05) is 11.1 Å². The van der Waals surface area contributed by atoms with Crippen LogP contribution in [0.25, 0.3) is 0 Å². The molecule has 5 nitrogen and oxygen atoms in total. The van der Waals surface area contributed by atoms with Gasteiger partial charge < -0.3 is 5.32 Å². The van der Waals surface area contributed by atoms with Crippen LogP contribution in [0.2, 0.25) is 0 Å². The lowest BCUT2D eigenvalue weighted by atomic mass is 9.85. The number of nitrogens with one attached hydrogen (secondary N) is 1. The third-order valence-corrected chi connectivity index (χ3v) is 5.44. The Labute approximate surface area is 145 Å². The number of ketones is 1. The molecule has 4 rings (SSSR count). The molecular weight excluding hydrogens is 320 g/mol. The van der Waals surface area contributed by atoms with E-state index >= 15 is 0 Å². The molecule has 1 aliphatic heterocycles. The number of allylic oxidation sites excluding steroid dienone is 2. The molecule has 0 spiro atoms. The Balaban J connectivity index is 1.82. The molecule has 1 unspecified atom stereocenters. The molecule has 124 valence electrons. The molecule has 1 aliphatic carbocycles. The van der Waals surface area contributed by atoms with E-state index in [0.717, 1.165) is 53.0 Å². The van der Waals surface area contributed by atoms with Crippen LogP contribution in [0.15, 0.2) is 46.8 Å². The van der Waals surface area contributed by atoms with Crippen LogP contribution < -0.4 is 5.32 Å². The number of carbonyl (C=O) groups excluding carboxylic acids is 1. The van der Waals surface area contributed by atoms with Crippen molar-refractivity contribution in [3.63, 3.8) is 0 Å². The van der Waals surface area contributed by atoms with E-state index in [2.05, 4.69) is 29.4 Å². The molecule has 0 fully saturated rings. The van der Waals surface area contributed by atoms with Crippen LogP contribution >= 0.6 is 11.8 Å². The highest BCUT2D eigenvalue weighted by atomic mass is 32.2. The molecule has 6 heteroatoms. The van der Waals surface area contributed by atoms with Crippen LogP contribution in [0, 0.1) is 0 Å². The lowest BCUT2D eigenvalue weighted by Crippen LogP contribution is -2.31. The zero-order valence-electron chi connectivity index (χ0n) is 13.7. The van der Waals surface area contributed by atoms with Crippen LogP contribution in [0.5, 0.6) is 0 Å². The zero-order valence-corrected chi connectivity index (χ0v) is 14.5. The number of rotatable bonds is 4. The Morgan fingerprint density at radius 3 is 2.92 bits per heavy atom. The van der Waals surface area contributed by atoms with Gasteiger partial charge in [0.25, 0.3) is 0 Å². The molecule has 2 aromatic rings. The van der Waals surface area contributed by atoms with E-state index in [0.29, 0.717) is 6.42 Å². The quantitative estimate of drug-likeness (QED) is 0.858. The summed E-state index contributed by atoms with van der Waals surface area (Å²) in [5.74, 6) is 1.96. The number of nitrogens with zero attached hydrogens (tertiary/aromatic N) is 3. The van der Waals surface area contributed by atoms with Gasteiger partial charge in [0.2, 0.25) is 11.1 Å². The molecule has 0 radical (unpaired) electrons. The van der Waals surface area contributed by atoms with Gasteiger partial charge in [0.1, 0.15) is 6.04 Å². The van der Waals surface area contributed by atoms with Gasteiger partial charge in [-0.25, -0.2) is 4.68 Å². The average Bonchev–Trinajstić information content (AvgIpc) is 3.01. The monoisotopic (exact) mass is 340 g/mol. The van der Waals surface area contributed by atoms with Crippen LogP contribution in [-0.4, -0.2) is 26.3 Å². The maximum atomic E-state index is 12.6. The maximum absolute atomic E-state index is 12.6. The van der Waals surface area contributed by atoms with Crippen molar-refractivity contribution in [2.45, 2.75) is 43.8 Å². The van der Waals surface area contributed by atoms with Crippen LogP contribution in [-0.2, 0) is 4.79 Å². The topological polar surface area (TPSA) is 59.8 Å². The van der Waals surface area contributed by atoms with Gasteiger partial charge in [-0.05, 0) is 24.8 Å². The molecule has 2 heterocycles. The SMILES string of the molecule is CCCSc1nc2n(n1)C(c1ccccc1)C1=C(CCCC1=O)N2. The number of Topliss-reactive ketones (excluding diaryl/α,β-unsaturated/α-hetero) is 1. The Bertz CT molecular complexity index is 797. The van der Waals surface area contributed by atoms with E-state index in [4.69, 9.17) is 5.10 Å². The van der Waals surface area contributed by atoms with Gasteiger partial charge >= 0.3 is 0 Å². The van der Waals surface area contributed by atoms with E-state index < -0.39 is 0 Å². The average molecular weight is 340 g/mol. The first-order chi connectivity index (χ1) is 11.8. The van der Waals surface area contributed by atoms with Gasteiger partial charge in [-0.3, -0.25) is 4.79 Å². The lowest BCUT2D eigenvalue weighted by molar-refractivity contribution is -0.116. The van der Waals surface area contributed by atoms with Crippen molar-refractivity contribution in [1.82, 2.24) is 14.8 Å². The summed E-state index contributed by atoms with van der Waals surface area (Å²) in [5.41, 5.74) is 2.96. The summed E-state index contributed by atoms with van der Waals surface area (Å²) < 4.78 is 1.88. The van der Waals surface area contributed by atoms with Gasteiger partial charge in [-0.2, -0.15) is 4.98 Å². The van der Waals surface area contributed by atoms with Gasteiger partial charge in [-0.1, -0.05) is 49.0 Å². The van der Waals surface area contributed by atoms with Crippen molar-refractivity contribution in [1.29, 1.82) is 0 Å². The first kappa shape index (κ1) is 15.4. The van der Waals surface area contributed by atoms with E-state index in [1.807, 2.05) is 22.9 Å². The fourth-order valence-electron chi connectivity index (χ4n) is 3.33. The lowest BCUT2D eigenvalue weighted by Gasteiger charge is -2.32. The Morgan fingerprint density at radius 2 is 2.12 bits per heavy atom. The second-order valence-corrected chi connectivity index (χ2v) is 7.18. The van der Waals surface area contributed by atoms with Gasteiger partial charge in [0.15, 0.2) is 5.78 Å². The summed E-state index contributed by atoms with van der Waals surface area (Å²) in [6.07, 6.45) is 3.50. The van der Waals surface area contributed by atoms with Crippen LogP contribution in [0.4, 0.5) is 5.95 Å². The molecule has 0 bridgehead atoms. The predicted octanol–water partition coefficient (Wildman–Crippen LogP) is 3.80. The molecule has 0 amide bonds. The fourth-order valence-corrected chi connectivity index (χ4v) is 4.02. The number of aromatic nitrogens is 3. The van der Waals surface area contributed by atoms with Crippen LogP contribution in [0.1, 0.15) is 44.2 Å². The Kier molecular flexibility index (Phi) is 4.14. The van der Waals surface area contributed by atoms with Crippen molar-refractivity contribution < 1.29 is 4.79 Å². The number of fused-ring (bicyclic) bond motifs is 1. The minimum absolute atomic E-state index is 0.172. The second-order valence-electron chi connectivity index (χ2n) is 6.12. The normalized spacial score (nSPS) is 19.7. The third-order valence-electron chi connectivity index (χ3n) is 4.40. The third kappa shape index (κ3) is 2.65. The number of hydrogen-bond acceptors (Lipinski definition) is 5. The molecule has 1 N–H and O–H groups in total. The molecular formula is C18H20N4OS. The molecule has 1 aromatic carbocycles. The highest BCUT2D eigenvalue weighted by molar-refractivity contribution is 7.99. The van der Waals surface area contributed by atoms with Gasteiger partial charge in [-0.15, -0.1) is 5.10 Å². The summed E-state index contributed by atoms with van der Waals surface area (Å²) in [6.45, 7) is 2.15. The Hall–Kier alpha value is -2.08. The first-order valence-corrected chi connectivity index (χ1v) is 9.44. The molecule has 0 saturated carbocycles. The van der Waals surface area contributed by atoms with Gasteiger partial charge in [0.05, 0.1) is 0 Å². The van der Waals surface area contributed by atoms with Crippen molar-refractivity contribution in [3.8, 4) is 0 Å². The van der Waals surface area contributed by atoms with E-state index in [1.54, 1.807) is 11.8 Å². The minimum atomic E-state index is -0.172. The number of hydrogen-bond donors (Lipinski definition) is 1. The highest BCUT2D eigenvalue weighted by Crippen LogP contribution is 2.40. The first-order valence-electron chi connectivity index (χ1n) is 8.45. The molecule has 1 aromatic heterocycles. The number of anilines is 1.